The van der Waals surface area contributed by atoms with E-state index in [-0.39, 0.29) is 30.4 Å². The van der Waals surface area contributed by atoms with Crippen LogP contribution in [0.4, 0.5) is 5.69 Å². The number of hydrogen-bond donors (Lipinski definition) is 3. The molecule has 0 aliphatic carbocycles. The SMILES string of the molecule is NS(=O)(=O)c1ccc(NC(=O)CC2OCCN(CCO)C2=O)cc1. The van der Waals surface area contributed by atoms with E-state index in [4.69, 9.17) is 15.0 Å². The molecule has 1 heterocycles. The first-order valence-corrected chi connectivity index (χ1v) is 8.80. The average Bonchev–Trinajstić information content (AvgIpc) is 2.51. The van der Waals surface area contributed by atoms with Gasteiger partial charge in [-0.05, 0) is 24.3 Å². The van der Waals surface area contributed by atoms with Crippen LogP contribution in [0, 0.1) is 0 Å². The smallest absolute Gasteiger partial charge is 0.252 e. The Balaban J connectivity index is 1.94. The maximum atomic E-state index is 12.1. The molecule has 9 nitrogen and oxygen atoms in total. The van der Waals surface area contributed by atoms with E-state index in [0.29, 0.717) is 18.8 Å². The van der Waals surface area contributed by atoms with Crippen LogP contribution in [0.1, 0.15) is 6.42 Å². The second kappa shape index (κ2) is 7.71. The maximum Gasteiger partial charge on any atom is 0.252 e. The molecule has 1 atom stereocenters. The second-order valence-corrected chi connectivity index (χ2v) is 6.79. The number of primary sulfonamides is 1. The van der Waals surface area contributed by atoms with Gasteiger partial charge in [0.15, 0.2) is 0 Å². The van der Waals surface area contributed by atoms with Crippen molar-refractivity contribution in [2.24, 2.45) is 5.14 Å². The van der Waals surface area contributed by atoms with Crippen LogP contribution in [-0.2, 0) is 24.3 Å². The zero-order valence-corrected chi connectivity index (χ0v) is 13.7. The molecule has 1 saturated heterocycles. The normalized spacial score (nSPS) is 18.5. The number of rotatable bonds is 6. The summed E-state index contributed by atoms with van der Waals surface area (Å²) in [7, 11) is -3.79. The number of aliphatic hydroxyl groups is 1. The molecule has 1 fully saturated rings. The molecular weight excluding hydrogens is 338 g/mol. The average molecular weight is 357 g/mol. The number of aliphatic hydroxyl groups excluding tert-OH is 1. The Kier molecular flexibility index (Phi) is 5.89. The number of nitrogens with two attached hydrogens (primary N) is 1. The Bertz CT molecular complexity index is 702. The summed E-state index contributed by atoms with van der Waals surface area (Å²) in [5, 5.41) is 16.5. The third-order valence-electron chi connectivity index (χ3n) is 3.47. The molecule has 1 unspecified atom stereocenters. The Labute approximate surface area is 139 Å². The minimum atomic E-state index is -3.79. The minimum absolute atomic E-state index is 0.0639. The summed E-state index contributed by atoms with van der Waals surface area (Å²) in [5.74, 6) is -0.780. The second-order valence-electron chi connectivity index (χ2n) is 5.23. The van der Waals surface area contributed by atoms with Gasteiger partial charge >= 0.3 is 0 Å². The van der Waals surface area contributed by atoms with Crippen LogP contribution >= 0.6 is 0 Å². The molecular formula is C14H19N3O6S. The predicted octanol–water partition coefficient (Wildman–Crippen LogP) is -1.12. The largest absolute Gasteiger partial charge is 0.395 e. The number of ether oxygens (including phenoxy) is 1. The first-order chi connectivity index (χ1) is 11.3. The molecule has 1 aromatic carbocycles. The van der Waals surface area contributed by atoms with E-state index in [2.05, 4.69) is 5.32 Å². The summed E-state index contributed by atoms with van der Waals surface area (Å²) >= 11 is 0. The highest BCUT2D eigenvalue weighted by Crippen LogP contribution is 2.15. The zero-order chi connectivity index (χ0) is 17.7. The first kappa shape index (κ1) is 18.3. The van der Waals surface area contributed by atoms with Crippen LogP contribution in [-0.4, -0.2) is 62.6 Å². The molecule has 24 heavy (non-hydrogen) atoms. The summed E-state index contributed by atoms with van der Waals surface area (Å²) in [4.78, 5) is 25.5. The number of carbonyl (C=O) groups is 2. The highest BCUT2D eigenvalue weighted by Gasteiger charge is 2.31. The molecule has 2 amide bonds. The van der Waals surface area contributed by atoms with Crippen molar-refractivity contribution in [1.29, 1.82) is 0 Å². The molecule has 0 aromatic heterocycles. The van der Waals surface area contributed by atoms with Gasteiger partial charge in [0.1, 0.15) is 6.10 Å². The lowest BCUT2D eigenvalue weighted by Crippen LogP contribution is -2.49. The van der Waals surface area contributed by atoms with Gasteiger partial charge in [-0.15, -0.1) is 0 Å². The van der Waals surface area contributed by atoms with Crippen LogP contribution in [0.25, 0.3) is 0 Å². The molecule has 1 aliphatic heterocycles. The molecule has 0 bridgehead atoms. The number of anilines is 1. The molecule has 0 saturated carbocycles. The van der Waals surface area contributed by atoms with Crippen LogP contribution in [0.5, 0.6) is 0 Å². The molecule has 10 heteroatoms. The van der Waals surface area contributed by atoms with Gasteiger partial charge in [0, 0.05) is 18.8 Å². The monoisotopic (exact) mass is 357 g/mol. The molecule has 2 rings (SSSR count). The fourth-order valence-corrected chi connectivity index (χ4v) is 2.80. The van der Waals surface area contributed by atoms with Crippen LogP contribution in [0.15, 0.2) is 29.2 Å². The first-order valence-electron chi connectivity index (χ1n) is 7.25. The van der Waals surface area contributed by atoms with Crippen LogP contribution < -0.4 is 10.5 Å². The van der Waals surface area contributed by atoms with Gasteiger partial charge in [0.25, 0.3) is 5.91 Å². The van der Waals surface area contributed by atoms with Gasteiger partial charge in [-0.3, -0.25) is 9.59 Å². The number of amides is 2. The third kappa shape index (κ3) is 4.74. The molecule has 1 aliphatic rings. The standard InChI is InChI=1S/C14H19N3O6S/c15-24(21,22)11-3-1-10(2-4-11)16-13(19)9-12-14(20)17(5-7-18)6-8-23-12/h1-4,12,18H,5-9H2,(H,16,19)(H2,15,21,22). The van der Waals surface area contributed by atoms with Crippen molar-refractivity contribution in [2.75, 3.05) is 31.6 Å². The lowest BCUT2D eigenvalue weighted by Gasteiger charge is -2.31. The maximum absolute atomic E-state index is 12.1. The zero-order valence-electron chi connectivity index (χ0n) is 12.8. The van der Waals surface area contributed by atoms with Gasteiger partial charge in [0.05, 0.1) is 24.5 Å². The summed E-state index contributed by atoms with van der Waals surface area (Å²) in [6.45, 7) is 0.732. The topological polar surface area (TPSA) is 139 Å². The number of morpholine rings is 1. The Hall–Kier alpha value is -2.01. The summed E-state index contributed by atoms with van der Waals surface area (Å²) < 4.78 is 27.6. The van der Waals surface area contributed by atoms with E-state index in [1.165, 1.54) is 29.2 Å². The summed E-state index contributed by atoms with van der Waals surface area (Å²) in [6.07, 6.45) is -1.06. The van der Waals surface area contributed by atoms with Crippen molar-refractivity contribution in [3.63, 3.8) is 0 Å². The van der Waals surface area contributed by atoms with Gasteiger partial charge in [-0.25, -0.2) is 13.6 Å². The number of sulfonamides is 1. The van der Waals surface area contributed by atoms with E-state index in [0.717, 1.165) is 0 Å². The Morgan fingerprint density at radius 2 is 2.04 bits per heavy atom. The number of benzene rings is 1. The number of nitrogens with zero attached hydrogens (tertiary/aromatic N) is 1. The number of nitrogens with one attached hydrogen (secondary N) is 1. The van der Waals surface area contributed by atoms with Gasteiger partial charge < -0.3 is 20.1 Å². The Morgan fingerprint density at radius 1 is 1.38 bits per heavy atom. The lowest BCUT2D eigenvalue weighted by molar-refractivity contribution is -0.155. The van der Waals surface area contributed by atoms with Crippen molar-refractivity contribution in [1.82, 2.24) is 4.90 Å². The van der Waals surface area contributed by atoms with Crippen molar-refractivity contribution in [3.05, 3.63) is 24.3 Å². The number of β-amino-alcohol motifs (C(OH)–C–C–N with tert-alkyl or cyclic N) is 1. The fraction of sp³-hybridized carbons (Fsp3) is 0.429. The predicted molar refractivity (Wildman–Crippen MR) is 84.5 cm³/mol. The third-order valence-corrected chi connectivity index (χ3v) is 4.40. The van der Waals surface area contributed by atoms with Crippen LogP contribution in [0.3, 0.4) is 0 Å². The van der Waals surface area contributed by atoms with Gasteiger partial charge in [-0.1, -0.05) is 0 Å². The molecule has 1 aromatic rings. The fourth-order valence-electron chi connectivity index (χ4n) is 2.29. The highest BCUT2D eigenvalue weighted by atomic mass is 32.2. The summed E-state index contributed by atoms with van der Waals surface area (Å²) in [5.41, 5.74) is 0.378. The molecule has 4 N–H and O–H groups in total. The minimum Gasteiger partial charge on any atom is -0.395 e. The molecule has 0 spiro atoms. The van der Waals surface area contributed by atoms with E-state index in [9.17, 15) is 18.0 Å². The summed E-state index contributed by atoms with van der Waals surface area (Å²) in [6, 6.07) is 5.35. The van der Waals surface area contributed by atoms with E-state index >= 15 is 0 Å². The lowest BCUT2D eigenvalue weighted by atomic mass is 10.1. The Morgan fingerprint density at radius 3 is 2.62 bits per heavy atom. The van der Waals surface area contributed by atoms with Crippen molar-refractivity contribution >= 4 is 27.5 Å². The van der Waals surface area contributed by atoms with E-state index in [1.807, 2.05) is 0 Å². The molecule has 0 radical (unpaired) electrons. The molecule has 132 valence electrons. The number of hydrogen-bond acceptors (Lipinski definition) is 6. The van der Waals surface area contributed by atoms with E-state index in [1.54, 1.807) is 0 Å². The van der Waals surface area contributed by atoms with Crippen LogP contribution in [0.2, 0.25) is 0 Å². The number of carbonyl (C=O) groups excluding carboxylic acids is 2. The van der Waals surface area contributed by atoms with Gasteiger partial charge in [-0.2, -0.15) is 0 Å². The van der Waals surface area contributed by atoms with Gasteiger partial charge in [0.2, 0.25) is 15.9 Å². The van der Waals surface area contributed by atoms with E-state index < -0.39 is 22.0 Å². The van der Waals surface area contributed by atoms with Crippen molar-refractivity contribution in [3.8, 4) is 0 Å². The van der Waals surface area contributed by atoms with Crippen molar-refractivity contribution < 1.29 is 27.9 Å². The quantitative estimate of drug-likeness (QED) is 0.589. The van der Waals surface area contributed by atoms with Crippen molar-refractivity contribution in [2.45, 2.75) is 17.4 Å². The highest BCUT2D eigenvalue weighted by molar-refractivity contribution is 7.89.